The minimum atomic E-state index is -1.26. The van der Waals surface area contributed by atoms with E-state index in [4.69, 9.17) is 4.74 Å². The third kappa shape index (κ3) is 2.21. The van der Waals surface area contributed by atoms with Crippen LogP contribution >= 0.6 is 0 Å². The van der Waals surface area contributed by atoms with E-state index in [2.05, 4.69) is 6.92 Å². The molecule has 156 valence electrons. The zero-order valence-corrected chi connectivity index (χ0v) is 16.6. The van der Waals surface area contributed by atoms with Gasteiger partial charge in [-0.05, 0) is 74.7 Å². The third-order valence-corrected chi connectivity index (χ3v) is 9.50. The Bertz CT molecular complexity index is 735. The minimum absolute atomic E-state index is 0.0737. The summed E-state index contributed by atoms with van der Waals surface area (Å²) in [6.45, 7) is 2.46. The Labute approximate surface area is 165 Å². The highest BCUT2D eigenvalue weighted by Crippen LogP contribution is 2.68. The summed E-state index contributed by atoms with van der Waals surface area (Å²) < 4.78 is 5.14. The Kier molecular flexibility index (Phi) is 3.95. The second kappa shape index (κ2) is 5.81. The monoisotopic (exact) mass is 392 g/mol. The molecule has 0 amide bonds. The van der Waals surface area contributed by atoms with E-state index in [9.17, 15) is 25.2 Å². The van der Waals surface area contributed by atoms with Gasteiger partial charge in [0.2, 0.25) is 0 Å². The van der Waals surface area contributed by atoms with Gasteiger partial charge in [-0.25, -0.2) is 4.79 Å². The van der Waals surface area contributed by atoms with Gasteiger partial charge in [0.15, 0.2) is 0 Å². The molecule has 4 saturated carbocycles. The van der Waals surface area contributed by atoms with Crippen LogP contribution in [0.3, 0.4) is 0 Å². The van der Waals surface area contributed by atoms with Crippen LogP contribution in [0.5, 0.6) is 0 Å². The lowest BCUT2D eigenvalue weighted by Gasteiger charge is -2.64. The topological polar surface area (TPSA) is 107 Å². The number of aliphatic hydroxyl groups is 4. The number of esters is 1. The van der Waals surface area contributed by atoms with Crippen molar-refractivity contribution >= 4 is 5.97 Å². The summed E-state index contributed by atoms with van der Waals surface area (Å²) in [6, 6.07) is 0. The fourth-order valence-corrected chi connectivity index (χ4v) is 7.99. The van der Waals surface area contributed by atoms with Crippen LogP contribution in [0.15, 0.2) is 11.6 Å². The molecule has 1 heterocycles. The molecular weight excluding hydrogens is 360 g/mol. The molecule has 0 bridgehead atoms. The van der Waals surface area contributed by atoms with Gasteiger partial charge in [-0.2, -0.15) is 0 Å². The van der Waals surface area contributed by atoms with Crippen molar-refractivity contribution in [1.82, 2.24) is 0 Å². The number of aliphatic hydroxyl groups excluding tert-OH is 1. The number of carbonyl (C=O) groups is 1. The number of hydrogen-bond acceptors (Lipinski definition) is 6. The van der Waals surface area contributed by atoms with E-state index in [0.29, 0.717) is 38.7 Å². The van der Waals surface area contributed by atoms with Gasteiger partial charge < -0.3 is 25.2 Å². The highest BCUT2D eigenvalue weighted by molar-refractivity contribution is 5.85. The van der Waals surface area contributed by atoms with Gasteiger partial charge in [-0.15, -0.1) is 0 Å². The summed E-state index contributed by atoms with van der Waals surface area (Å²) in [5, 5.41) is 45.0. The molecule has 5 aliphatic rings. The predicted molar refractivity (Wildman–Crippen MR) is 100 cm³/mol. The summed E-state index contributed by atoms with van der Waals surface area (Å²) in [4.78, 5) is 11.6. The molecule has 7 unspecified atom stereocenters. The van der Waals surface area contributed by atoms with Gasteiger partial charge >= 0.3 is 5.97 Å². The minimum Gasteiger partial charge on any atom is -0.458 e. The summed E-state index contributed by atoms with van der Waals surface area (Å²) >= 11 is 0. The van der Waals surface area contributed by atoms with Crippen molar-refractivity contribution in [3.63, 3.8) is 0 Å². The second-order valence-electron chi connectivity index (χ2n) is 10.4. The highest BCUT2D eigenvalue weighted by Gasteiger charge is 2.71. The lowest BCUT2D eigenvalue weighted by Crippen LogP contribution is -2.71. The Hall–Kier alpha value is -0.950. The van der Waals surface area contributed by atoms with Crippen molar-refractivity contribution < 1.29 is 30.0 Å². The Morgan fingerprint density at radius 1 is 0.964 bits per heavy atom. The SMILES string of the molecule is CC12CC[C@@H]3C(CCC4(O)CC(O)CCC34O)C1(O)CCC2C1=CC(=O)OC1. The van der Waals surface area contributed by atoms with E-state index in [1.807, 2.05) is 0 Å². The summed E-state index contributed by atoms with van der Waals surface area (Å²) in [7, 11) is 0. The molecule has 0 radical (unpaired) electrons. The van der Waals surface area contributed by atoms with Crippen LogP contribution in [0.25, 0.3) is 0 Å². The van der Waals surface area contributed by atoms with E-state index in [1.54, 1.807) is 6.08 Å². The van der Waals surface area contributed by atoms with Gasteiger partial charge in [-0.1, -0.05) is 6.92 Å². The molecule has 6 heteroatoms. The van der Waals surface area contributed by atoms with Gasteiger partial charge in [0, 0.05) is 17.9 Å². The van der Waals surface area contributed by atoms with Crippen LogP contribution in [0.2, 0.25) is 0 Å². The molecule has 0 spiro atoms. The quantitative estimate of drug-likeness (QED) is 0.503. The molecule has 0 aromatic rings. The predicted octanol–water partition coefficient (Wildman–Crippen LogP) is 1.44. The zero-order valence-electron chi connectivity index (χ0n) is 16.6. The zero-order chi connectivity index (χ0) is 19.9. The molecule has 5 rings (SSSR count). The van der Waals surface area contributed by atoms with Crippen LogP contribution in [0, 0.1) is 23.2 Å². The number of fused-ring (bicyclic) bond motifs is 5. The average Bonchev–Trinajstić information content (AvgIpc) is 3.17. The molecular formula is C22H32O6. The van der Waals surface area contributed by atoms with Gasteiger partial charge in [0.1, 0.15) is 6.61 Å². The first-order valence-electron chi connectivity index (χ1n) is 10.9. The van der Waals surface area contributed by atoms with Gasteiger partial charge in [-0.3, -0.25) is 0 Å². The molecule has 4 N–H and O–H groups in total. The van der Waals surface area contributed by atoms with Crippen molar-refractivity contribution in [3.8, 4) is 0 Å². The van der Waals surface area contributed by atoms with E-state index in [0.717, 1.165) is 24.8 Å². The van der Waals surface area contributed by atoms with Crippen molar-refractivity contribution in [1.29, 1.82) is 0 Å². The van der Waals surface area contributed by atoms with E-state index in [-0.39, 0.29) is 35.6 Å². The largest absolute Gasteiger partial charge is 0.458 e. The number of hydrogen-bond donors (Lipinski definition) is 4. The molecule has 6 nitrogen and oxygen atoms in total. The summed E-state index contributed by atoms with van der Waals surface area (Å²) in [5.41, 5.74) is -2.78. The molecule has 28 heavy (non-hydrogen) atoms. The number of ether oxygens (including phenoxy) is 1. The van der Waals surface area contributed by atoms with Crippen molar-refractivity contribution in [2.24, 2.45) is 23.2 Å². The average molecular weight is 392 g/mol. The first-order valence-corrected chi connectivity index (χ1v) is 10.9. The highest BCUT2D eigenvalue weighted by atomic mass is 16.5. The van der Waals surface area contributed by atoms with E-state index in [1.165, 1.54) is 0 Å². The Morgan fingerprint density at radius 2 is 1.64 bits per heavy atom. The normalized spacial score (nSPS) is 55.8. The third-order valence-electron chi connectivity index (χ3n) is 9.50. The fourth-order valence-electron chi connectivity index (χ4n) is 7.99. The fraction of sp³-hybridized carbons (Fsp3) is 0.864. The van der Waals surface area contributed by atoms with Gasteiger partial charge in [0.25, 0.3) is 0 Å². The van der Waals surface area contributed by atoms with Crippen molar-refractivity contribution in [3.05, 3.63) is 11.6 Å². The molecule has 4 fully saturated rings. The van der Waals surface area contributed by atoms with Gasteiger partial charge in [0.05, 0.1) is 22.9 Å². The Morgan fingerprint density at radius 3 is 2.36 bits per heavy atom. The second-order valence-corrected chi connectivity index (χ2v) is 10.4. The van der Waals surface area contributed by atoms with Crippen LogP contribution in [0.1, 0.15) is 64.7 Å². The Balaban J connectivity index is 1.49. The lowest BCUT2D eigenvalue weighted by atomic mass is 9.45. The number of cyclic esters (lactones) is 1. The first-order chi connectivity index (χ1) is 13.1. The molecule has 8 atom stereocenters. The maximum atomic E-state index is 12.0. The molecule has 1 aliphatic heterocycles. The first kappa shape index (κ1) is 19.0. The summed E-state index contributed by atoms with van der Waals surface area (Å²) in [6.07, 6.45) is 6.17. The van der Waals surface area contributed by atoms with Crippen LogP contribution in [0.4, 0.5) is 0 Å². The molecule has 0 saturated heterocycles. The van der Waals surface area contributed by atoms with E-state index >= 15 is 0 Å². The maximum absolute atomic E-state index is 12.0. The number of carbonyl (C=O) groups excluding carboxylic acids is 1. The smallest absolute Gasteiger partial charge is 0.331 e. The molecule has 0 aromatic carbocycles. The van der Waals surface area contributed by atoms with Crippen molar-refractivity contribution in [2.75, 3.05) is 6.61 Å². The summed E-state index contributed by atoms with van der Waals surface area (Å²) in [5.74, 6) is -0.407. The molecule has 0 aromatic heterocycles. The lowest BCUT2D eigenvalue weighted by molar-refractivity contribution is -0.288. The van der Waals surface area contributed by atoms with Crippen LogP contribution in [-0.4, -0.2) is 55.9 Å². The standard InChI is InChI=1S/C22H32O6/c1-19-6-3-17-16(4-7-20(25)11-14(23)2-8-22(17,20)27)21(19,26)9-5-15(19)13-10-18(24)28-12-13/h10,14-17,23,25-27H,2-9,11-12H2,1H3/t14?,15?,16?,17-,19?,20?,21?,22?/m1/s1. The number of rotatable bonds is 1. The maximum Gasteiger partial charge on any atom is 0.331 e. The van der Waals surface area contributed by atoms with E-state index < -0.39 is 22.9 Å². The van der Waals surface area contributed by atoms with Crippen LogP contribution in [-0.2, 0) is 9.53 Å². The van der Waals surface area contributed by atoms with Crippen molar-refractivity contribution in [2.45, 2.75) is 87.6 Å². The molecule has 4 aliphatic carbocycles. The van der Waals surface area contributed by atoms with Crippen LogP contribution < -0.4 is 0 Å².